The summed E-state index contributed by atoms with van der Waals surface area (Å²) >= 11 is 0. The van der Waals surface area contributed by atoms with Crippen LogP contribution in [0.1, 0.15) is 18.4 Å². The predicted octanol–water partition coefficient (Wildman–Crippen LogP) is 0.748. The van der Waals surface area contributed by atoms with Crippen molar-refractivity contribution in [3.05, 3.63) is 35.4 Å². The molecule has 0 atom stereocenters. The number of hydrogen-bond acceptors (Lipinski definition) is 4. The molecule has 0 aliphatic carbocycles. The zero-order valence-corrected chi connectivity index (χ0v) is 13.0. The van der Waals surface area contributed by atoms with Gasteiger partial charge in [-0.25, -0.2) is 17.2 Å². The predicted molar refractivity (Wildman–Crippen MR) is 77.9 cm³/mol. The van der Waals surface area contributed by atoms with Crippen molar-refractivity contribution in [3.8, 4) is 0 Å². The summed E-state index contributed by atoms with van der Waals surface area (Å²) in [4.78, 5) is 12.4. The van der Waals surface area contributed by atoms with Gasteiger partial charge in [0.25, 0.3) is 0 Å². The number of benzene rings is 1. The molecule has 1 aromatic rings. The zero-order valence-electron chi connectivity index (χ0n) is 12.2. The Morgan fingerprint density at radius 2 is 1.95 bits per heavy atom. The smallest absolute Gasteiger partial charge is 0.241 e. The van der Waals surface area contributed by atoms with Gasteiger partial charge in [0, 0.05) is 24.4 Å². The van der Waals surface area contributed by atoms with Gasteiger partial charge in [-0.1, -0.05) is 6.07 Å². The highest BCUT2D eigenvalue weighted by molar-refractivity contribution is 7.92. The van der Waals surface area contributed by atoms with Crippen molar-refractivity contribution in [2.45, 2.75) is 24.1 Å². The fourth-order valence-electron chi connectivity index (χ4n) is 2.60. The molecule has 1 amide bonds. The lowest BCUT2D eigenvalue weighted by molar-refractivity contribution is -0.124. The number of amides is 1. The van der Waals surface area contributed by atoms with Gasteiger partial charge in [0.05, 0.1) is 0 Å². The molecule has 2 rings (SSSR count). The second-order valence-electron chi connectivity index (χ2n) is 5.43. The maximum Gasteiger partial charge on any atom is 0.241 e. The normalized spacial score (nSPS) is 18.0. The Kier molecular flexibility index (Phi) is 4.81. The van der Waals surface area contributed by atoms with Crippen LogP contribution in [0.5, 0.6) is 0 Å². The molecule has 0 unspecified atom stereocenters. The van der Waals surface area contributed by atoms with E-state index in [1.165, 1.54) is 6.07 Å². The second kappa shape index (κ2) is 6.29. The highest BCUT2D eigenvalue weighted by Gasteiger charge is 2.48. The SMILES string of the molecule is CS(=O)(=O)C1(C(=O)NCc2ccc(F)cc2F)CCNCC1. The molecule has 2 N–H and O–H groups in total. The van der Waals surface area contributed by atoms with Gasteiger partial charge in [0.2, 0.25) is 5.91 Å². The van der Waals surface area contributed by atoms with E-state index < -0.39 is 32.1 Å². The van der Waals surface area contributed by atoms with E-state index >= 15 is 0 Å². The van der Waals surface area contributed by atoms with Crippen molar-refractivity contribution in [2.24, 2.45) is 0 Å². The molecule has 1 aliphatic rings. The molecule has 1 fully saturated rings. The number of sulfone groups is 1. The van der Waals surface area contributed by atoms with Crippen LogP contribution in [-0.4, -0.2) is 38.4 Å². The van der Waals surface area contributed by atoms with Crippen molar-refractivity contribution in [2.75, 3.05) is 19.3 Å². The van der Waals surface area contributed by atoms with Crippen LogP contribution in [0.3, 0.4) is 0 Å². The highest BCUT2D eigenvalue weighted by Crippen LogP contribution is 2.28. The Morgan fingerprint density at radius 3 is 2.50 bits per heavy atom. The van der Waals surface area contributed by atoms with E-state index in [1.807, 2.05) is 0 Å². The van der Waals surface area contributed by atoms with Gasteiger partial charge in [-0.05, 0) is 32.0 Å². The number of rotatable bonds is 4. The third-order valence-corrected chi connectivity index (χ3v) is 6.00. The standard InChI is InChI=1S/C14H18F2N2O3S/c1-22(20,21)14(4-6-17-7-5-14)13(19)18-9-10-2-3-11(15)8-12(10)16/h2-3,8,17H,4-7,9H2,1H3,(H,18,19). The molecule has 1 saturated heterocycles. The van der Waals surface area contributed by atoms with Crippen molar-refractivity contribution in [1.82, 2.24) is 10.6 Å². The number of nitrogens with one attached hydrogen (secondary N) is 2. The summed E-state index contributed by atoms with van der Waals surface area (Å²) in [5, 5.41) is 5.48. The van der Waals surface area contributed by atoms with Gasteiger partial charge in [0.1, 0.15) is 11.6 Å². The molecule has 0 saturated carbocycles. The molecule has 0 aromatic heterocycles. The maximum atomic E-state index is 13.6. The molecule has 1 aromatic carbocycles. The Hall–Kier alpha value is -1.54. The fraction of sp³-hybridized carbons (Fsp3) is 0.500. The van der Waals surface area contributed by atoms with Crippen LogP contribution in [0.4, 0.5) is 8.78 Å². The van der Waals surface area contributed by atoms with Crippen LogP contribution < -0.4 is 10.6 Å². The summed E-state index contributed by atoms with van der Waals surface area (Å²) in [7, 11) is -3.61. The number of piperidine rings is 1. The van der Waals surface area contributed by atoms with Crippen molar-refractivity contribution < 1.29 is 22.0 Å². The second-order valence-corrected chi connectivity index (χ2v) is 7.76. The van der Waals surface area contributed by atoms with Gasteiger partial charge in [-0.15, -0.1) is 0 Å². The molecule has 0 radical (unpaired) electrons. The molecule has 8 heteroatoms. The first kappa shape index (κ1) is 16.8. The number of halogens is 2. The van der Waals surface area contributed by atoms with Crippen LogP contribution in [-0.2, 0) is 21.2 Å². The summed E-state index contributed by atoms with van der Waals surface area (Å²) in [5.41, 5.74) is 0.104. The average Bonchev–Trinajstić information content (AvgIpc) is 2.45. The number of carbonyl (C=O) groups excluding carboxylic acids is 1. The van der Waals surface area contributed by atoms with E-state index in [0.717, 1.165) is 18.4 Å². The largest absolute Gasteiger partial charge is 0.351 e. The van der Waals surface area contributed by atoms with Crippen molar-refractivity contribution in [1.29, 1.82) is 0 Å². The summed E-state index contributed by atoms with van der Waals surface area (Å²) in [6.45, 7) is 0.659. The van der Waals surface area contributed by atoms with Gasteiger partial charge in [0.15, 0.2) is 14.6 Å². The van der Waals surface area contributed by atoms with Crippen LogP contribution in [0.25, 0.3) is 0 Å². The summed E-state index contributed by atoms with van der Waals surface area (Å²) in [6.07, 6.45) is 1.38. The molecule has 1 aliphatic heterocycles. The molecule has 22 heavy (non-hydrogen) atoms. The lowest BCUT2D eigenvalue weighted by Crippen LogP contribution is -2.57. The van der Waals surface area contributed by atoms with Crippen molar-refractivity contribution >= 4 is 15.7 Å². The minimum Gasteiger partial charge on any atom is -0.351 e. The Bertz CT molecular complexity index is 671. The number of hydrogen-bond donors (Lipinski definition) is 2. The summed E-state index contributed by atoms with van der Waals surface area (Å²) < 4.78 is 49.0. The Balaban J connectivity index is 2.15. The molecule has 122 valence electrons. The number of carbonyl (C=O) groups is 1. The monoisotopic (exact) mass is 332 g/mol. The van der Waals surface area contributed by atoms with Crippen LogP contribution in [0.15, 0.2) is 18.2 Å². The highest BCUT2D eigenvalue weighted by atomic mass is 32.2. The molecule has 5 nitrogen and oxygen atoms in total. The van der Waals surface area contributed by atoms with E-state index in [1.54, 1.807) is 0 Å². The van der Waals surface area contributed by atoms with Crippen LogP contribution >= 0.6 is 0 Å². The first-order chi connectivity index (χ1) is 10.3. The lowest BCUT2D eigenvalue weighted by atomic mass is 9.95. The fourth-order valence-corrected chi connectivity index (χ4v) is 3.95. The van der Waals surface area contributed by atoms with Crippen LogP contribution in [0.2, 0.25) is 0 Å². The van der Waals surface area contributed by atoms with E-state index in [2.05, 4.69) is 10.6 Å². The van der Waals surface area contributed by atoms with E-state index in [9.17, 15) is 22.0 Å². The third-order valence-electron chi connectivity index (χ3n) is 3.99. The Morgan fingerprint density at radius 1 is 1.32 bits per heavy atom. The van der Waals surface area contributed by atoms with Crippen LogP contribution in [0, 0.1) is 11.6 Å². The third kappa shape index (κ3) is 3.27. The molecular weight excluding hydrogens is 314 g/mol. The topological polar surface area (TPSA) is 75.3 Å². The average molecular weight is 332 g/mol. The van der Waals surface area contributed by atoms with E-state index in [4.69, 9.17) is 0 Å². The summed E-state index contributed by atoms with van der Waals surface area (Å²) in [5.74, 6) is -2.13. The zero-order chi connectivity index (χ0) is 16.4. The van der Waals surface area contributed by atoms with Crippen molar-refractivity contribution in [3.63, 3.8) is 0 Å². The molecule has 0 bridgehead atoms. The summed E-state index contributed by atoms with van der Waals surface area (Å²) in [6, 6.07) is 3.03. The van der Waals surface area contributed by atoms with Gasteiger partial charge < -0.3 is 10.6 Å². The first-order valence-electron chi connectivity index (χ1n) is 6.89. The van der Waals surface area contributed by atoms with Gasteiger partial charge in [-0.3, -0.25) is 4.79 Å². The molecular formula is C14H18F2N2O3S. The van der Waals surface area contributed by atoms with Gasteiger partial charge >= 0.3 is 0 Å². The lowest BCUT2D eigenvalue weighted by Gasteiger charge is -2.34. The quantitative estimate of drug-likeness (QED) is 0.853. The minimum absolute atomic E-state index is 0.104. The Labute approximate surface area is 128 Å². The minimum atomic E-state index is -3.61. The van der Waals surface area contributed by atoms with Gasteiger partial charge in [-0.2, -0.15) is 0 Å². The molecule has 0 spiro atoms. The first-order valence-corrected chi connectivity index (χ1v) is 8.78. The maximum absolute atomic E-state index is 13.6. The van der Waals surface area contributed by atoms with E-state index in [-0.39, 0.29) is 24.9 Å². The molecule has 1 heterocycles. The van der Waals surface area contributed by atoms with E-state index in [0.29, 0.717) is 13.1 Å².